The maximum Gasteiger partial charge on any atom is 0.242 e. The van der Waals surface area contributed by atoms with Gasteiger partial charge in [-0.2, -0.15) is 4.52 Å². The van der Waals surface area contributed by atoms with Crippen LogP contribution in [-0.2, 0) is 4.79 Å². The van der Waals surface area contributed by atoms with E-state index in [-0.39, 0.29) is 17.6 Å². The molecule has 1 aliphatic heterocycles. The van der Waals surface area contributed by atoms with E-state index in [4.69, 9.17) is 9.97 Å². The zero-order chi connectivity index (χ0) is 22.2. The first kappa shape index (κ1) is 20.4. The normalized spacial score (nSPS) is 17.0. The Balaban J connectivity index is 1.72. The fourth-order valence-corrected chi connectivity index (χ4v) is 4.20. The standard InChI is InChI=1S/C24H25FN6O/c1-14(2)17-9-6-10-18-20(17)28-24(27-19-11-3-4-12-26-23(19)32)31-22(18)29-21(30-31)15-7-5-8-16(25)13-15/h5-10,13-14,19H,3-4,11-12H2,1-2H3,(H,26,32)(H,27,28)/t19-/m1/s1. The highest BCUT2D eigenvalue weighted by Crippen LogP contribution is 2.30. The van der Waals surface area contributed by atoms with Crippen molar-refractivity contribution in [1.82, 2.24) is 24.9 Å². The van der Waals surface area contributed by atoms with E-state index in [2.05, 4.69) is 35.6 Å². The molecule has 2 N–H and O–H groups in total. The maximum absolute atomic E-state index is 13.8. The molecule has 8 heteroatoms. The lowest BCUT2D eigenvalue weighted by atomic mass is 10.0. The summed E-state index contributed by atoms with van der Waals surface area (Å²) in [5, 5.41) is 11.8. The number of para-hydroxylation sites is 1. The molecule has 2 aromatic heterocycles. The SMILES string of the molecule is CC(C)c1cccc2c1nc(N[C@@H]1CCCCNC1=O)n1nc(-c3cccc(F)c3)nc21. The molecule has 1 aliphatic rings. The van der Waals surface area contributed by atoms with Crippen molar-refractivity contribution in [3.63, 3.8) is 0 Å². The molecular weight excluding hydrogens is 407 g/mol. The van der Waals surface area contributed by atoms with E-state index in [0.717, 1.165) is 29.3 Å². The van der Waals surface area contributed by atoms with E-state index >= 15 is 0 Å². The number of amides is 1. The fourth-order valence-electron chi connectivity index (χ4n) is 4.20. The number of benzene rings is 2. The van der Waals surface area contributed by atoms with E-state index in [1.165, 1.54) is 12.1 Å². The molecule has 0 spiro atoms. The highest BCUT2D eigenvalue weighted by atomic mass is 19.1. The molecule has 1 atom stereocenters. The largest absolute Gasteiger partial charge is 0.354 e. The summed E-state index contributed by atoms with van der Waals surface area (Å²) in [7, 11) is 0. The Hall–Kier alpha value is -3.55. The molecule has 3 heterocycles. The predicted octanol–water partition coefficient (Wildman–Crippen LogP) is 4.29. The van der Waals surface area contributed by atoms with Crippen LogP contribution in [0.25, 0.3) is 27.9 Å². The van der Waals surface area contributed by atoms with E-state index in [1.807, 2.05) is 12.1 Å². The predicted molar refractivity (Wildman–Crippen MR) is 122 cm³/mol. The minimum atomic E-state index is -0.404. The number of anilines is 1. The summed E-state index contributed by atoms with van der Waals surface area (Å²) in [6.07, 6.45) is 2.61. The summed E-state index contributed by atoms with van der Waals surface area (Å²) in [5.41, 5.74) is 3.12. The Labute approximate surface area is 185 Å². The molecule has 0 aliphatic carbocycles. The number of halogens is 1. The van der Waals surface area contributed by atoms with Crippen LogP contribution in [0.3, 0.4) is 0 Å². The molecule has 4 aromatic rings. The monoisotopic (exact) mass is 432 g/mol. The van der Waals surface area contributed by atoms with E-state index < -0.39 is 6.04 Å². The van der Waals surface area contributed by atoms with Gasteiger partial charge in [-0.1, -0.05) is 38.1 Å². The molecule has 0 radical (unpaired) electrons. The molecule has 5 rings (SSSR count). The van der Waals surface area contributed by atoms with Crippen molar-refractivity contribution in [3.8, 4) is 11.4 Å². The van der Waals surface area contributed by atoms with Gasteiger partial charge in [-0.3, -0.25) is 4.79 Å². The van der Waals surface area contributed by atoms with Crippen LogP contribution in [0.1, 0.15) is 44.6 Å². The van der Waals surface area contributed by atoms with Gasteiger partial charge >= 0.3 is 0 Å². The van der Waals surface area contributed by atoms with Crippen molar-refractivity contribution in [3.05, 3.63) is 53.8 Å². The highest BCUT2D eigenvalue weighted by Gasteiger charge is 2.24. The number of carbonyl (C=O) groups is 1. The molecular formula is C24H25FN6O. The first-order chi connectivity index (χ1) is 15.5. The molecule has 1 amide bonds. The topological polar surface area (TPSA) is 84.2 Å². The van der Waals surface area contributed by atoms with Gasteiger partial charge in [0.2, 0.25) is 11.9 Å². The van der Waals surface area contributed by atoms with Crippen LogP contribution in [0.4, 0.5) is 10.3 Å². The Morgan fingerprint density at radius 1 is 1.16 bits per heavy atom. The third-order valence-electron chi connectivity index (χ3n) is 5.88. The number of nitrogens with one attached hydrogen (secondary N) is 2. The number of rotatable bonds is 4. The summed E-state index contributed by atoms with van der Waals surface area (Å²) in [6.45, 7) is 4.92. The lowest BCUT2D eigenvalue weighted by Gasteiger charge is -2.18. The maximum atomic E-state index is 13.8. The van der Waals surface area contributed by atoms with Gasteiger partial charge in [-0.05, 0) is 48.9 Å². The Bertz CT molecular complexity index is 1310. The summed E-state index contributed by atoms with van der Waals surface area (Å²) < 4.78 is 15.5. The van der Waals surface area contributed by atoms with Crippen molar-refractivity contribution in [2.75, 3.05) is 11.9 Å². The lowest BCUT2D eigenvalue weighted by molar-refractivity contribution is -0.121. The number of hydrogen-bond donors (Lipinski definition) is 2. The number of nitrogens with zero attached hydrogens (tertiary/aromatic N) is 4. The third-order valence-corrected chi connectivity index (χ3v) is 5.88. The minimum Gasteiger partial charge on any atom is -0.354 e. The first-order valence-electron chi connectivity index (χ1n) is 11.0. The van der Waals surface area contributed by atoms with Crippen LogP contribution in [0, 0.1) is 5.82 Å². The van der Waals surface area contributed by atoms with Gasteiger partial charge in [0.25, 0.3) is 0 Å². The van der Waals surface area contributed by atoms with Gasteiger partial charge in [0.05, 0.1) is 5.52 Å². The highest BCUT2D eigenvalue weighted by molar-refractivity contribution is 5.95. The summed E-state index contributed by atoms with van der Waals surface area (Å²) >= 11 is 0. The van der Waals surface area contributed by atoms with Gasteiger partial charge in [0.1, 0.15) is 11.9 Å². The second kappa shape index (κ2) is 8.18. The van der Waals surface area contributed by atoms with E-state index in [1.54, 1.807) is 16.6 Å². The van der Waals surface area contributed by atoms with Crippen LogP contribution in [0.2, 0.25) is 0 Å². The first-order valence-corrected chi connectivity index (χ1v) is 11.0. The van der Waals surface area contributed by atoms with Crippen molar-refractivity contribution in [2.24, 2.45) is 0 Å². The molecule has 0 bridgehead atoms. The van der Waals surface area contributed by atoms with Crippen molar-refractivity contribution in [1.29, 1.82) is 0 Å². The Morgan fingerprint density at radius 3 is 2.81 bits per heavy atom. The molecule has 32 heavy (non-hydrogen) atoms. The van der Waals surface area contributed by atoms with Crippen LogP contribution in [0.15, 0.2) is 42.5 Å². The Morgan fingerprint density at radius 2 is 2.00 bits per heavy atom. The van der Waals surface area contributed by atoms with Gasteiger partial charge < -0.3 is 10.6 Å². The van der Waals surface area contributed by atoms with Crippen molar-refractivity contribution in [2.45, 2.75) is 45.1 Å². The zero-order valence-electron chi connectivity index (χ0n) is 18.1. The molecule has 1 fully saturated rings. The molecule has 0 saturated carbocycles. The number of aromatic nitrogens is 4. The summed E-state index contributed by atoms with van der Waals surface area (Å²) in [4.78, 5) is 22.2. The molecule has 2 aromatic carbocycles. The summed E-state index contributed by atoms with van der Waals surface area (Å²) in [5.74, 6) is 0.730. The van der Waals surface area contributed by atoms with E-state index in [0.29, 0.717) is 35.9 Å². The van der Waals surface area contributed by atoms with Crippen molar-refractivity contribution < 1.29 is 9.18 Å². The number of carbonyl (C=O) groups excluding carboxylic acids is 1. The van der Waals surface area contributed by atoms with E-state index in [9.17, 15) is 9.18 Å². The van der Waals surface area contributed by atoms with Gasteiger partial charge in [0.15, 0.2) is 11.5 Å². The molecule has 164 valence electrons. The Kier molecular flexibility index (Phi) is 5.20. The molecule has 1 saturated heterocycles. The second-order valence-electron chi connectivity index (χ2n) is 8.50. The molecule has 0 unspecified atom stereocenters. The second-order valence-corrected chi connectivity index (χ2v) is 8.50. The quantitative estimate of drug-likeness (QED) is 0.503. The molecule has 7 nitrogen and oxygen atoms in total. The third kappa shape index (κ3) is 3.66. The average molecular weight is 433 g/mol. The van der Waals surface area contributed by atoms with Crippen LogP contribution >= 0.6 is 0 Å². The van der Waals surface area contributed by atoms with Gasteiger partial charge in [-0.25, -0.2) is 14.4 Å². The van der Waals surface area contributed by atoms with Crippen LogP contribution in [0.5, 0.6) is 0 Å². The average Bonchev–Trinajstić information content (AvgIpc) is 3.14. The van der Waals surface area contributed by atoms with Crippen molar-refractivity contribution >= 4 is 28.4 Å². The minimum absolute atomic E-state index is 0.0415. The smallest absolute Gasteiger partial charge is 0.242 e. The van der Waals surface area contributed by atoms with Gasteiger partial charge in [0, 0.05) is 17.5 Å². The fraction of sp³-hybridized carbons (Fsp3) is 0.333. The van der Waals surface area contributed by atoms with Crippen LogP contribution in [-0.4, -0.2) is 38.1 Å². The van der Waals surface area contributed by atoms with Crippen LogP contribution < -0.4 is 10.6 Å². The van der Waals surface area contributed by atoms with Gasteiger partial charge in [-0.15, -0.1) is 5.10 Å². The number of hydrogen-bond acceptors (Lipinski definition) is 5. The summed E-state index contributed by atoms with van der Waals surface area (Å²) in [6, 6.07) is 11.8. The lowest BCUT2D eigenvalue weighted by Crippen LogP contribution is -2.38. The number of fused-ring (bicyclic) bond motifs is 3. The zero-order valence-corrected chi connectivity index (χ0v) is 18.1.